The van der Waals surface area contributed by atoms with Crippen molar-refractivity contribution in [1.29, 1.82) is 0 Å². The lowest BCUT2D eigenvalue weighted by atomic mass is 10.1. The maximum absolute atomic E-state index is 11.4. The van der Waals surface area contributed by atoms with Crippen LogP contribution in [0.25, 0.3) is 16.7 Å². The van der Waals surface area contributed by atoms with Crippen molar-refractivity contribution < 1.29 is 9.90 Å². The predicted octanol–water partition coefficient (Wildman–Crippen LogP) is 4.02. The first-order valence-electron chi connectivity index (χ1n) is 9.18. The number of benzene rings is 3. The molecule has 0 saturated heterocycles. The molecule has 4 aromatic rings. The number of nitrogens with zero attached hydrogens (tertiary/aromatic N) is 5. The predicted molar refractivity (Wildman–Crippen MR) is 114 cm³/mol. The van der Waals surface area contributed by atoms with E-state index in [4.69, 9.17) is 5.73 Å². The Labute approximate surface area is 171 Å². The van der Waals surface area contributed by atoms with Crippen molar-refractivity contribution in [2.45, 2.75) is 0 Å². The number of hydrogen-bond donors (Lipinski definition) is 3. The van der Waals surface area contributed by atoms with Crippen LogP contribution in [-0.4, -0.2) is 27.6 Å². The van der Waals surface area contributed by atoms with E-state index in [0.29, 0.717) is 17.3 Å². The summed E-state index contributed by atoms with van der Waals surface area (Å²) < 4.78 is 2.04. The number of fused-ring (bicyclic) bond motifs is 5. The Balaban J connectivity index is 1.57. The minimum Gasteiger partial charge on any atom is -0.507 e. The van der Waals surface area contributed by atoms with Crippen molar-refractivity contribution in [3.8, 4) is 11.4 Å². The van der Waals surface area contributed by atoms with Gasteiger partial charge in [0.1, 0.15) is 5.75 Å². The molecule has 1 amide bonds. The smallest absolute Gasteiger partial charge is 0.252 e. The number of phenols is 1. The van der Waals surface area contributed by atoms with Gasteiger partial charge in [-0.1, -0.05) is 12.1 Å². The van der Waals surface area contributed by atoms with Gasteiger partial charge >= 0.3 is 0 Å². The van der Waals surface area contributed by atoms with Crippen molar-refractivity contribution in [3.63, 3.8) is 0 Å². The quantitative estimate of drug-likeness (QED) is 0.449. The van der Waals surface area contributed by atoms with Gasteiger partial charge in [-0.2, -0.15) is 10.2 Å². The number of anilines is 2. The van der Waals surface area contributed by atoms with Crippen LogP contribution >= 0.6 is 0 Å². The fraction of sp³-hybridized carbons (Fsp3) is 0.0476. The van der Waals surface area contributed by atoms with E-state index in [2.05, 4.69) is 20.6 Å². The van der Waals surface area contributed by atoms with Gasteiger partial charge in [0.15, 0.2) is 0 Å². The van der Waals surface area contributed by atoms with Crippen LogP contribution in [0.1, 0.15) is 10.4 Å². The molecule has 0 atom stereocenters. The normalized spacial score (nSPS) is 12.6. The molecule has 30 heavy (non-hydrogen) atoms. The number of imidazole rings is 1. The van der Waals surface area contributed by atoms with E-state index in [0.717, 1.165) is 22.4 Å². The molecule has 0 aliphatic carbocycles. The summed E-state index contributed by atoms with van der Waals surface area (Å²) in [6.45, 7) is 0. The second kappa shape index (κ2) is 6.59. The summed E-state index contributed by atoms with van der Waals surface area (Å²) >= 11 is 0. The second-order valence-corrected chi connectivity index (χ2v) is 6.87. The van der Waals surface area contributed by atoms with Gasteiger partial charge in [0.25, 0.3) is 5.91 Å². The second-order valence-electron chi connectivity index (χ2n) is 6.87. The van der Waals surface area contributed by atoms with Crippen LogP contribution in [-0.2, 0) is 0 Å². The van der Waals surface area contributed by atoms with Gasteiger partial charge in [0.2, 0.25) is 5.95 Å². The molecular weight excluding hydrogens is 382 g/mol. The average Bonchev–Trinajstić information content (AvgIpc) is 3.11. The van der Waals surface area contributed by atoms with Crippen molar-refractivity contribution in [2.24, 2.45) is 16.0 Å². The number of carbonyl (C=O) groups is 1. The third-order valence-electron chi connectivity index (χ3n) is 4.92. The Kier molecular flexibility index (Phi) is 3.88. The van der Waals surface area contributed by atoms with Crippen LogP contribution in [0, 0.1) is 0 Å². The first kappa shape index (κ1) is 17.7. The van der Waals surface area contributed by atoms with E-state index in [1.54, 1.807) is 6.07 Å². The lowest BCUT2D eigenvalue weighted by molar-refractivity contribution is 0.0998. The van der Waals surface area contributed by atoms with Crippen molar-refractivity contribution >= 4 is 40.0 Å². The maximum Gasteiger partial charge on any atom is 0.252 e. The number of para-hydroxylation sites is 2. The first-order valence-corrected chi connectivity index (χ1v) is 9.18. The number of hydrogen-bond acceptors (Lipinski definition) is 7. The van der Waals surface area contributed by atoms with E-state index in [-0.39, 0.29) is 11.3 Å². The summed E-state index contributed by atoms with van der Waals surface area (Å²) in [7, 11) is 1.92. The molecule has 9 nitrogen and oxygen atoms in total. The van der Waals surface area contributed by atoms with Gasteiger partial charge in [0, 0.05) is 7.05 Å². The van der Waals surface area contributed by atoms with Crippen LogP contribution in [0.15, 0.2) is 70.9 Å². The summed E-state index contributed by atoms with van der Waals surface area (Å²) in [6, 6.07) is 17.9. The number of carbonyl (C=O) groups excluding carboxylic acids is 1. The molecule has 148 valence electrons. The van der Waals surface area contributed by atoms with E-state index < -0.39 is 5.91 Å². The highest BCUT2D eigenvalue weighted by molar-refractivity contribution is 5.96. The number of amides is 1. The van der Waals surface area contributed by atoms with Gasteiger partial charge in [-0.15, -0.1) is 0 Å². The number of hydrazine groups is 1. The molecule has 5 rings (SSSR count). The Morgan fingerprint density at radius 2 is 1.77 bits per heavy atom. The van der Waals surface area contributed by atoms with Crippen LogP contribution in [0.2, 0.25) is 0 Å². The SMILES string of the molecule is CN1Nc2nc3ccccc3n2-c2cc(/N=N/c3ccc(O)c(C(N)=O)c3)ccc21. The van der Waals surface area contributed by atoms with Gasteiger partial charge in [0.05, 0.1) is 39.3 Å². The highest BCUT2D eigenvalue weighted by atomic mass is 16.3. The lowest BCUT2D eigenvalue weighted by Gasteiger charge is -2.29. The molecule has 4 N–H and O–H groups in total. The molecule has 0 fully saturated rings. The zero-order valence-electron chi connectivity index (χ0n) is 15.9. The van der Waals surface area contributed by atoms with E-state index >= 15 is 0 Å². The van der Waals surface area contributed by atoms with Gasteiger partial charge < -0.3 is 10.8 Å². The minimum atomic E-state index is -0.728. The monoisotopic (exact) mass is 399 g/mol. The zero-order chi connectivity index (χ0) is 20.8. The standard InChI is InChI=1S/C21H17N7O2/c1-27-17-8-6-13(25-24-12-7-9-19(29)14(10-12)20(22)30)11-18(17)28-16-5-3-2-4-15(16)23-21(28)26-27/h2-11,29H,1H3,(H2,22,30)(H,23,26)/b25-24+. The van der Waals surface area contributed by atoms with Crippen LogP contribution in [0.4, 0.5) is 23.0 Å². The number of nitrogens with one attached hydrogen (secondary N) is 1. The topological polar surface area (TPSA) is 121 Å². The molecule has 0 spiro atoms. The highest BCUT2D eigenvalue weighted by Crippen LogP contribution is 2.37. The van der Waals surface area contributed by atoms with Crippen LogP contribution in [0.5, 0.6) is 5.75 Å². The summed E-state index contributed by atoms with van der Waals surface area (Å²) in [5.41, 5.74) is 13.3. The van der Waals surface area contributed by atoms with Crippen LogP contribution in [0.3, 0.4) is 0 Å². The third-order valence-corrected chi connectivity index (χ3v) is 4.92. The molecule has 0 radical (unpaired) electrons. The first-order chi connectivity index (χ1) is 14.5. The Hall–Kier alpha value is -4.40. The van der Waals surface area contributed by atoms with Crippen molar-refractivity contribution in [3.05, 3.63) is 66.2 Å². The largest absolute Gasteiger partial charge is 0.507 e. The van der Waals surface area contributed by atoms with E-state index in [1.807, 2.05) is 59.1 Å². The molecule has 0 saturated carbocycles. The number of primary amides is 1. The number of aromatic hydroxyl groups is 1. The maximum atomic E-state index is 11.4. The molecule has 1 aliphatic rings. The Bertz CT molecular complexity index is 1340. The Morgan fingerprint density at radius 1 is 1.03 bits per heavy atom. The minimum absolute atomic E-state index is 0.000817. The summed E-state index contributed by atoms with van der Waals surface area (Å²) in [5, 5.41) is 20.1. The molecule has 1 aliphatic heterocycles. The van der Waals surface area contributed by atoms with E-state index in [9.17, 15) is 9.90 Å². The molecule has 1 aromatic heterocycles. The average molecular weight is 399 g/mol. The molecule has 2 heterocycles. The lowest BCUT2D eigenvalue weighted by Crippen LogP contribution is -2.31. The number of rotatable bonds is 3. The summed E-state index contributed by atoms with van der Waals surface area (Å²) in [4.78, 5) is 16.1. The van der Waals surface area contributed by atoms with Crippen molar-refractivity contribution in [1.82, 2.24) is 9.55 Å². The molecular formula is C21H17N7O2. The fourth-order valence-electron chi connectivity index (χ4n) is 3.49. The number of nitrogens with two attached hydrogens (primary N) is 1. The third kappa shape index (κ3) is 2.80. The fourth-order valence-corrected chi connectivity index (χ4v) is 3.49. The molecule has 9 heteroatoms. The van der Waals surface area contributed by atoms with Gasteiger partial charge in [-0.25, -0.2) is 4.98 Å². The van der Waals surface area contributed by atoms with Crippen molar-refractivity contribution in [2.75, 3.05) is 17.5 Å². The van der Waals surface area contributed by atoms with E-state index in [1.165, 1.54) is 12.1 Å². The Morgan fingerprint density at radius 3 is 2.57 bits per heavy atom. The van der Waals surface area contributed by atoms with Crippen LogP contribution < -0.4 is 16.2 Å². The molecule has 3 aromatic carbocycles. The molecule has 0 unspecified atom stereocenters. The molecule has 0 bridgehead atoms. The number of aromatic nitrogens is 2. The summed E-state index contributed by atoms with van der Waals surface area (Å²) in [5.74, 6) is -0.205. The highest BCUT2D eigenvalue weighted by Gasteiger charge is 2.23. The van der Waals surface area contributed by atoms with Gasteiger partial charge in [-0.05, 0) is 48.5 Å². The summed E-state index contributed by atoms with van der Waals surface area (Å²) in [6.07, 6.45) is 0. The number of azo groups is 1. The van der Waals surface area contributed by atoms with Gasteiger partial charge in [-0.3, -0.25) is 19.8 Å². The zero-order valence-corrected chi connectivity index (χ0v) is 15.9.